The third kappa shape index (κ3) is 1.74. The third-order valence-electron chi connectivity index (χ3n) is 3.50. The van der Waals surface area contributed by atoms with Crippen LogP contribution in [-0.2, 0) is 5.41 Å². The van der Waals surface area contributed by atoms with Crippen LogP contribution in [0.2, 0.25) is 0 Å². The molecule has 0 unspecified atom stereocenters. The summed E-state index contributed by atoms with van der Waals surface area (Å²) in [5.74, 6) is 1.28. The summed E-state index contributed by atoms with van der Waals surface area (Å²) in [6.45, 7) is 5.13. The molecule has 3 rings (SSSR count). The molecule has 2 aromatic rings. The number of phenolic OH excluding ortho intramolecular Hbond substituents is 1. The van der Waals surface area contributed by atoms with Crippen molar-refractivity contribution >= 4 is 0 Å². The van der Waals surface area contributed by atoms with Crippen LogP contribution in [0, 0.1) is 0 Å². The SMILES string of the molecule is CC1(C)COc2ccc(-c3ccc(O)cc3)cc21. The molecule has 0 saturated carbocycles. The van der Waals surface area contributed by atoms with Crippen LogP contribution in [0.15, 0.2) is 42.5 Å². The lowest BCUT2D eigenvalue weighted by Gasteiger charge is -2.16. The molecule has 0 fully saturated rings. The number of hydrogen-bond donors (Lipinski definition) is 1. The fraction of sp³-hybridized carbons (Fsp3) is 0.250. The van der Waals surface area contributed by atoms with Gasteiger partial charge in [0.15, 0.2) is 0 Å². The van der Waals surface area contributed by atoms with Gasteiger partial charge in [0.25, 0.3) is 0 Å². The Kier molecular flexibility index (Phi) is 2.34. The van der Waals surface area contributed by atoms with Crippen molar-refractivity contribution in [2.75, 3.05) is 6.61 Å². The molecule has 0 aromatic heterocycles. The van der Waals surface area contributed by atoms with E-state index in [1.807, 2.05) is 18.2 Å². The van der Waals surface area contributed by atoms with Crippen LogP contribution in [0.3, 0.4) is 0 Å². The van der Waals surface area contributed by atoms with Gasteiger partial charge >= 0.3 is 0 Å². The second kappa shape index (κ2) is 3.77. The van der Waals surface area contributed by atoms with E-state index < -0.39 is 0 Å². The quantitative estimate of drug-likeness (QED) is 0.823. The molecule has 2 heteroatoms. The zero-order chi connectivity index (χ0) is 12.8. The van der Waals surface area contributed by atoms with Crippen LogP contribution < -0.4 is 4.74 Å². The summed E-state index contributed by atoms with van der Waals surface area (Å²) in [6.07, 6.45) is 0. The molecule has 1 N–H and O–H groups in total. The molecule has 0 radical (unpaired) electrons. The van der Waals surface area contributed by atoms with E-state index in [9.17, 15) is 5.11 Å². The topological polar surface area (TPSA) is 29.5 Å². The van der Waals surface area contributed by atoms with Crippen LogP contribution in [0.4, 0.5) is 0 Å². The summed E-state index contributed by atoms with van der Waals surface area (Å²) in [7, 11) is 0. The van der Waals surface area contributed by atoms with Gasteiger partial charge in [-0.25, -0.2) is 0 Å². The first kappa shape index (κ1) is 11.1. The fourth-order valence-electron chi connectivity index (χ4n) is 2.35. The van der Waals surface area contributed by atoms with E-state index in [-0.39, 0.29) is 5.41 Å². The van der Waals surface area contributed by atoms with Gasteiger partial charge in [0, 0.05) is 11.0 Å². The van der Waals surface area contributed by atoms with E-state index in [1.165, 1.54) is 5.56 Å². The van der Waals surface area contributed by atoms with E-state index in [2.05, 4.69) is 26.0 Å². The van der Waals surface area contributed by atoms with E-state index in [0.29, 0.717) is 5.75 Å². The normalized spacial score (nSPS) is 16.1. The Bertz CT molecular complexity index is 583. The molecular weight excluding hydrogens is 224 g/mol. The average molecular weight is 240 g/mol. The van der Waals surface area contributed by atoms with Gasteiger partial charge in [-0.1, -0.05) is 32.0 Å². The van der Waals surface area contributed by atoms with Crippen molar-refractivity contribution in [1.29, 1.82) is 0 Å². The van der Waals surface area contributed by atoms with E-state index in [0.717, 1.165) is 23.5 Å². The Morgan fingerprint density at radius 2 is 1.67 bits per heavy atom. The maximum Gasteiger partial charge on any atom is 0.123 e. The van der Waals surface area contributed by atoms with Crippen molar-refractivity contribution in [3.8, 4) is 22.6 Å². The Morgan fingerprint density at radius 3 is 2.39 bits per heavy atom. The van der Waals surface area contributed by atoms with Crippen LogP contribution >= 0.6 is 0 Å². The van der Waals surface area contributed by atoms with Gasteiger partial charge in [-0.2, -0.15) is 0 Å². The van der Waals surface area contributed by atoms with Gasteiger partial charge in [0.1, 0.15) is 11.5 Å². The van der Waals surface area contributed by atoms with Crippen molar-refractivity contribution in [2.24, 2.45) is 0 Å². The highest BCUT2D eigenvalue weighted by Crippen LogP contribution is 2.40. The van der Waals surface area contributed by atoms with Crippen molar-refractivity contribution in [3.63, 3.8) is 0 Å². The first-order valence-electron chi connectivity index (χ1n) is 6.13. The summed E-state index contributed by atoms with van der Waals surface area (Å²) in [5, 5.41) is 9.32. The van der Waals surface area contributed by atoms with Crippen molar-refractivity contribution in [3.05, 3.63) is 48.0 Å². The zero-order valence-electron chi connectivity index (χ0n) is 10.6. The molecular formula is C16H16O2. The zero-order valence-corrected chi connectivity index (χ0v) is 10.6. The minimum atomic E-state index is 0.0717. The molecule has 92 valence electrons. The summed E-state index contributed by atoms with van der Waals surface area (Å²) >= 11 is 0. The summed E-state index contributed by atoms with van der Waals surface area (Å²) in [4.78, 5) is 0. The molecule has 2 nitrogen and oxygen atoms in total. The van der Waals surface area contributed by atoms with Gasteiger partial charge < -0.3 is 9.84 Å². The third-order valence-corrected chi connectivity index (χ3v) is 3.50. The van der Waals surface area contributed by atoms with Crippen molar-refractivity contribution in [1.82, 2.24) is 0 Å². The van der Waals surface area contributed by atoms with Gasteiger partial charge in [-0.15, -0.1) is 0 Å². The Balaban J connectivity index is 2.08. The summed E-state index contributed by atoms with van der Waals surface area (Å²) in [5.41, 5.74) is 3.60. The van der Waals surface area contributed by atoms with Crippen LogP contribution in [0.25, 0.3) is 11.1 Å². The smallest absolute Gasteiger partial charge is 0.123 e. The largest absolute Gasteiger partial charge is 0.508 e. The molecule has 0 saturated heterocycles. The molecule has 0 spiro atoms. The van der Waals surface area contributed by atoms with E-state index in [1.54, 1.807) is 12.1 Å². The van der Waals surface area contributed by atoms with Gasteiger partial charge in [-0.3, -0.25) is 0 Å². The lowest BCUT2D eigenvalue weighted by atomic mass is 9.85. The number of phenols is 1. The molecule has 1 aliphatic rings. The Labute approximate surface area is 107 Å². The number of aromatic hydroxyl groups is 1. The van der Waals surface area contributed by atoms with Gasteiger partial charge in [0.05, 0.1) is 6.61 Å². The minimum Gasteiger partial charge on any atom is -0.508 e. The number of hydrogen-bond acceptors (Lipinski definition) is 2. The lowest BCUT2D eigenvalue weighted by molar-refractivity contribution is 0.291. The first-order chi connectivity index (χ1) is 8.56. The molecule has 0 aliphatic carbocycles. The molecule has 18 heavy (non-hydrogen) atoms. The summed E-state index contributed by atoms with van der Waals surface area (Å²) in [6, 6.07) is 13.6. The van der Waals surface area contributed by atoms with E-state index in [4.69, 9.17) is 4.74 Å². The lowest BCUT2D eigenvalue weighted by Crippen LogP contribution is -2.18. The molecule has 0 atom stereocenters. The van der Waals surface area contributed by atoms with Crippen LogP contribution in [0.5, 0.6) is 11.5 Å². The number of rotatable bonds is 1. The van der Waals surface area contributed by atoms with Gasteiger partial charge in [-0.05, 0) is 35.4 Å². The molecule has 0 amide bonds. The predicted molar refractivity (Wildman–Crippen MR) is 72.1 cm³/mol. The van der Waals surface area contributed by atoms with Crippen molar-refractivity contribution in [2.45, 2.75) is 19.3 Å². The Morgan fingerprint density at radius 1 is 1.00 bits per heavy atom. The highest BCUT2D eigenvalue weighted by atomic mass is 16.5. The maximum atomic E-state index is 9.32. The number of benzene rings is 2. The predicted octanol–water partition coefficient (Wildman–Crippen LogP) is 3.73. The number of fused-ring (bicyclic) bond motifs is 1. The van der Waals surface area contributed by atoms with Gasteiger partial charge in [0.2, 0.25) is 0 Å². The second-order valence-electron chi connectivity index (χ2n) is 5.43. The first-order valence-corrected chi connectivity index (χ1v) is 6.13. The standard InChI is InChI=1S/C16H16O2/c1-16(2)10-18-15-8-5-12(9-14(15)16)11-3-6-13(17)7-4-11/h3-9,17H,10H2,1-2H3. The van der Waals surface area contributed by atoms with Crippen LogP contribution in [-0.4, -0.2) is 11.7 Å². The van der Waals surface area contributed by atoms with Crippen LogP contribution in [0.1, 0.15) is 19.4 Å². The van der Waals surface area contributed by atoms with E-state index >= 15 is 0 Å². The fourth-order valence-corrected chi connectivity index (χ4v) is 2.35. The molecule has 2 aromatic carbocycles. The monoisotopic (exact) mass is 240 g/mol. The minimum absolute atomic E-state index is 0.0717. The maximum absolute atomic E-state index is 9.32. The highest BCUT2D eigenvalue weighted by Gasteiger charge is 2.31. The molecule has 1 heterocycles. The average Bonchev–Trinajstić information content (AvgIpc) is 2.66. The summed E-state index contributed by atoms with van der Waals surface area (Å²) < 4.78 is 5.68. The molecule has 0 bridgehead atoms. The Hall–Kier alpha value is -1.96. The molecule has 1 aliphatic heterocycles. The van der Waals surface area contributed by atoms with Crippen molar-refractivity contribution < 1.29 is 9.84 Å². The number of ether oxygens (including phenoxy) is 1. The second-order valence-corrected chi connectivity index (χ2v) is 5.43. The highest BCUT2D eigenvalue weighted by molar-refractivity contribution is 5.67.